The zero-order chi connectivity index (χ0) is 19.4. The van der Waals surface area contributed by atoms with Crippen molar-refractivity contribution in [1.82, 2.24) is 15.0 Å². The van der Waals surface area contributed by atoms with Gasteiger partial charge >= 0.3 is 0 Å². The number of nitro groups is 1. The van der Waals surface area contributed by atoms with Crippen LogP contribution in [0.3, 0.4) is 0 Å². The van der Waals surface area contributed by atoms with Crippen LogP contribution >= 0.6 is 0 Å². The first-order valence-corrected chi connectivity index (χ1v) is 8.19. The molecule has 1 aromatic carbocycles. The number of nitrogens with one attached hydrogen (secondary N) is 2. The first kappa shape index (κ1) is 18.2. The molecule has 8 nitrogen and oxygen atoms in total. The van der Waals surface area contributed by atoms with Crippen LogP contribution in [0.15, 0.2) is 48.8 Å². The summed E-state index contributed by atoms with van der Waals surface area (Å²) < 4.78 is 13.4. The number of pyridine rings is 1. The van der Waals surface area contributed by atoms with Gasteiger partial charge in [0, 0.05) is 30.1 Å². The van der Waals surface area contributed by atoms with Crippen molar-refractivity contribution < 1.29 is 9.31 Å². The number of hydrogen-bond donors (Lipinski definition) is 2. The summed E-state index contributed by atoms with van der Waals surface area (Å²) in [7, 11) is 0. The van der Waals surface area contributed by atoms with E-state index < -0.39 is 10.7 Å². The van der Waals surface area contributed by atoms with Gasteiger partial charge in [0.1, 0.15) is 17.3 Å². The predicted octanol–water partition coefficient (Wildman–Crippen LogP) is 4.15. The molecule has 3 aromatic rings. The van der Waals surface area contributed by atoms with Crippen LogP contribution in [0.4, 0.5) is 27.5 Å². The summed E-state index contributed by atoms with van der Waals surface area (Å²) >= 11 is 0. The molecule has 0 radical (unpaired) electrons. The van der Waals surface area contributed by atoms with Crippen molar-refractivity contribution in [2.45, 2.75) is 19.9 Å². The maximum atomic E-state index is 13.4. The van der Waals surface area contributed by atoms with Gasteiger partial charge in [0.15, 0.2) is 0 Å². The lowest BCUT2D eigenvalue weighted by Gasteiger charge is -2.13. The van der Waals surface area contributed by atoms with Gasteiger partial charge in [-0.05, 0) is 38.1 Å². The minimum atomic E-state index is -0.686. The van der Waals surface area contributed by atoms with Crippen LogP contribution in [0.25, 0.3) is 11.3 Å². The lowest BCUT2D eigenvalue weighted by atomic mass is 10.2. The fourth-order valence-electron chi connectivity index (χ4n) is 2.40. The number of aromatic nitrogens is 3. The Morgan fingerprint density at radius 3 is 2.52 bits per heavy atom. The van der Waals surface area contributed by atoms with E-state index in [1.54, 1.807) is 30.6 Å². The summed E-state index contributed by atoms with van der Waals surface area (Å²) in [5.41, 5.74) is 1.19. The van der Waals surface area contributed by atoms with Gasteiger partial charge in [-0.3, -0.25) is 15.1 Å². The Labute approximate surface area is 154 Å². The highest BCUT2D eigenvalue weighted by atomic mass is 19.1. The molecule has 0 atom stereocenters. The minimum absolute atomic E-state index is 0.0886. The second-order valence-electron chi connectivity index (χ2n) is 6.04. The van der Waals surface area contributed by atoms with E-state index in [1.165, 1.54) is 6.07 Å². The monoisotopic (exact) mass is 368 g/mol. The van der Waals surface area contributed by atoms with E-state index >= 15 is 0 Å². The largest absolute Gasteiger partial charge is 0.352 e. The summed E-state index contributed by atoms with van der Waals surface area (Å²) in [6.07, 6.45) is 3.29. The lowest BCUT2D eigenvalue weighted by molar-refractivity contribution is -0.384. The van der Waals surface area contributed by atoms with E-state index in [0.717, 1.165) is 17.7 Å². The highest BCUT2D eigenvalue weighted by Crippen LogP contribution is 2.29. The topological polar surface area (TPSA) is 106 Å². The van der Waals surface area contributed by atoms with Gasteiger partial charge in [-0.15, -0.1) is 0 Å². The van der Waals surface area contributed by atoms with E-state index in [4.69, 9.17) is 0 Å². The van der Waals surface area contributed by atoms with Crippen LogP contribution in [0.2, 0.25) is 0 Å². The molecule has 0 fully saturated rings. The van der Waals surface area contributed by atoms with Crippen molar-refractivity contribution in [2.75, 3.05) is 10.6 Å². The average Bonchev–Trinajstić information content (AvgIpc) is 2.63. The van der Waals surface area contributed by atoms with Crippen LogP contribution in [0.1, 0.15) is 13.8 Å². The van der Waals surface area contributed by atoms with Gasteiger partial charge in [0.05, 0.1) is 16.7 Å². The van der Waals surface area contributed by atoms with Crippen molar-refractivity contribution in [1.29, 1.82) is 0 Å². The Bertz CT molecular complexity index is 965. The zero-order valence-electron chi connectivity index (χ0n) is 14.7. The standard InChI is InChI=1S/C18H17FN6O2/c1-11(2)21-18-23-15(12-5-7-20-8-6-12)10-17(24-18)22-14-4-3-13(19)9-16(14)25(26)27/h3-11H,1-2H3,(H2,21,22,23,24). The number of nitro benzene ring substituents is 1. The summed E-state index contributed by atoms with van der Waals surface area (Å²) in [4.78, 5) is 23.4. The Hall–Kier alpha value is -3.62. The zero-order valence-corrected chi connectivity index (χ0v) is 14.7. The molecule has 2 N–H and O–H groups in total. The highest BCUT2D eigenvalue weighted by Gasteiger charge is 2.16. The smallest absolute Gasteiger partial charge is 0.295 e. The molecular weight excluding hydrogens is 351 g/mol. The Balaban J connectivity index is 2.03. The van der Waals surface area contributed by atoms with E-state index in [2.05, 4.69) is 25.6 Å². The summed E-state index contributed by atoms with van der Waals surface area (Å²) in [5.74, 6) is 0.0239. The third kappa shape index (κ3) is 4.51. The molecule has 2 heterocycles. The third-order valence-corrected chi connectivity index (χ3v) is 3.54. The van der Waals surface area contributed by atoms with Crippen molar-refractivity contribution in [2.24, 2.45) is 0 Å². The van der Waals surface area contributed by atoms with E-state index in [0.29, 0.717) is 17.5 Å². The molecule has 0 aliphatic carbocycles. The molecule has 0 aliphatic rings. The molecular formula is C18H17FN6O2. The van der Waals surface area contributed by atoms with Crippen LogP contribution in [-0.2, 0) is 0 Å². The predicted molar refractivity (Wildman–Crippen MR) is 100 cm³/mol. The first-order valence-electron chi connectivity index (χ1n) is 8.19. The summed E-state index contributed by atoms with van der Waals surface area (Å²) in [5, 5.41) is 17.2. The van der Waals surface area contributed by atoms with Crippen molar-refractivity contribution >= 4 is 23.1 Å². The SMILES string of the molecule is CC(C)Nc1nc(Nc2ccc(F)cc2[N+](=O)[O-])cc(-c2ccncc2)n1. The number of halogens is 1. The molecule has 27 heavy (non-hydrogen) atoms. The molecule has 0 saturated heterocycles. The van der Waals surface area contributed by atoms with E-state index in [9.17, 15) is 14.5 Å². The lowest BCUT2D eigenvalue weighted by Crippen LogP contribution is -2.13. The molecule has 2 aromatic heterocycles. The number of nitrogens with zero attached hydrogens (tertiary/aromatic N) is 4. The second kappa shape index (κ2) is 7.73. The van der Waals surface area contributed by atoms with Crippen LogP contribution in [-0.4, -0.2) is 25.9 Å². The van der Waals surface area contributed by atoms with Gasteiger partial charge in [0.2, 0.25) is 5.95 Å². The molecule has 0 saturated carbocycles. The summed E-state index contributed by atoms with van der Waals surface area (Å²) in [6.45, 7) is 3.89. The second-order valence-corrected chi connectivity index (χ2v) is 6.04. The number of anilines is 3. The van der Waals surface area contributed by atoms with Crippen LogP contribution in [0, 0.1) is 15.9 Å². The fourth-order valence-corrected chi connectivity index (χ4v) is 2.40. The number of benzene rings is 1. The molecule has 0 unspecified atom stereocenters. The summed E-state index contributed by atoms with van der Waals surface area (Å²) in [6, 6.07) is 8.65. The molecule has 9 heteroatoms. The van der Waals surface area contributed by atoms with Crippen LogP contribution in [0.5, 0.6) is 0 Å². The van der Waals surface area contributed by atoms with E-state index in [1.807, 2.05) is 13.8 Å². The highest BCUT2D eigenvalue weighted by molar-refractivity contribution is 5.71. The molecule has 0 amide bonds. The maximum Gasteiger partial charge on any atom is 0.295 e. The normalized spacial score (nSPS) is 10.7. The molecule has 3 rings (SSSR count). The average molecular weight is 368 g/mol. The van der Waals surface area contributed by atoms with Gasteiger partial charge in [-0.2, -0.15) is 4.98 Å². The molecule has 0 bridgehead atoms. The Morgan fingerprint density at radius 2 is 1.85 bits per heavy atom. The van der Waals surface area contributed by atoms with Gasteiger partial charge in [-0.1, -0.05) is 0 Å². The Morgan fingerprint density at radius 1 is 1.11 bits per heavy atom. The van der Waals surface area contributed by atoms with Crippen LogP contribution < -0.4 is 10.6 Å². The number of hydrogen-bond acceptors (Lipinski definition) is 7. The van der Waals surface area contributed by atoms with Gasteiger partial charge in [-0.25, -0.2) is 9.37 Å². The van der Waals surface area contributed by atoms with E-state index in [-0.39, 0.29) is 17.4 Å². The molecule has 0 aliphatic heterocycles. The molecule has 0 spiro atoms. The van der Waals surface area contributed by atoms with Crippen molar-refractivity contribution in [3.8, 4) is 11.3 Å². The molecule has 138 valence electrons. The fraction of sp³-hybridized carbons (Fsp3) is 0.167. The number of rotatable bonds is 6. The Kier molecular flexibility index (Phi) is 5.20. The minimum Gasteiger partial charge on any atom is -0.352 e. The first-order chi connectivity index (χ1) is 12.9. The quantitative estimate of drug-likeness (QED) is 0.497. The maximum absolute atomic E-state index is 13.4. The van der Waals surface area contributed by atoms with Gasteiger partial charge < -0.3 is 10.6 Å². The van der Waals surface area contributed by atoms with Crippen molar-refractivity contribution in [3.05, 3.63) is 64.7 Å². The van der Waals surface area contributed by atoms with Crippen molar-refractivity contribution in [3.63, 3.8) is 0 Å². The van der Waals surface area contributed by atoms with Gasteiger partial charge in [0.25, 0.3) is 5.69 Å². The third-order valence-electron chi connectivity index (χ3n) is 3.54.